The van der Waals surface area contributed by atoms with Crippen LogP contribution in [0.15, 0.2) is 72.8 Å². The van der Waals surface area contributed by atoms with Crippen molar-refractivity contribution >= 4 is 35.0 Å². The Bertz CT molecular complexity index is 1150. The number of aryl methyl sites for hydroxylation is 1. The lowest BCUT2D eigenvalue weighted by atomic mass is 10.1. The molecule has 3 aromatic carbocycles. The number of carbonyl (C=O) groups is 2. The van der Waals surface area contributed by atoms with Gasteiger partial charge in [0.25, 0.3) is 0 Å². The number of thioether (sulfide) groups is 1. The van der Waals surface area contributed by atoms with E-state index in [1.807, 2.05) is 72.8 Å². The standard InChI is InChI=1S/C25H22N2O4S/c28-23(12-9-17-5-2-1-3-6-17)26-19-8-4-7-18(13-19)25-27(24(29)15-32-25)20-10-11-21-22(14-20)31-16-30-21/h1-8,10-11,13-14,25H,9,12,15-16H2,(H,26,28). The van der Waals surface area contributed by atoms with E-state index in [4.69, 9.17) is 9.47 Å². The van der Waals surface area contributed by atoms with Crippen LogP contribution in [-0.4, -0.2) is 24.4 Å². The minimum Gasteiger partial charge on any atom is -0.454 e. The van der Waals surface area contributed by atoms with Crippen molar-refractivity contribution in [1.29, 1.82) is 0 Å². The topological polar surface area (TPSA) is 67.9 Å². The van der Waals surface area contributed by atoms with Crippen LogP contribution in [0.5, 0.6) is 11.5 Å². The first-order valence-electron chi connectivity index (χ1n) is 10.4. The zero-order valence-corrected chi connectivity index (χ0v) is 18.1. The summed E-state index contributed by atoms with van der Waals surface area (Å²) in [5.41, 5.74) is 3.59. The third kappa shape index (κ3) is 4.29. The predicted octanol–water partition coefficient (Wildman–Crippen LogP) is 4.77. The summed E-state index contributed by atoms with van der Waals surface area (Å²) in [7, 11) is 0. The van der Waals surface area contributed by atoms with Crippen molar-refractivity contribution in [3.63, 3.8) is 0 Å². The maximum atomic E-state index is 12.7. The maximum absolute atomic E-state index is 12.7. The molecule has 1 saturated heterocycles. The van der Waals surface area contributed by atoms with Crippen LogP contribution in [0.25, 0.3) is 0 Å². The minimum absolute atomic E-state index is 0.0335. The van der Waals surface area contributed by atoms with Crippen LogP contribution in [0.1, 0.15) is 22.9 Å². The molecule has 162 valence electrons. The van der Waals surface area contributed by atoms with Gasteiger partial charge >= 0.3 is 0 Å². The largest absolute Gasteiger partial charge is 0.454 e. The van der Waals surface area contributed by atoms with Gasteiger partial charge in [0.05, 0.1) is 5.75 Å². The average molecular weight is 447 g/mol. The summed E-state index contributed by atoms with van der Waals surface area (Å²) in [5, 5.41) is 2.81. The predicted molar refractivity (Wildman–Crippen MR) is 125 cm³/mol. The maximum Gasteiger partial charge on any atom is 0.238 e. The Morgan fingerprint density at radius 1 is 1.00 bits per heavy atom. The lowest BCUT2D eigenvalue weighted by molar-refractivity contribution is -0.116. The molecule has 2 aliphatic rings. The highest BCUT2D eigenvalue weighted by Gasteiger charge is 2.35. The van der Waals surface area contributed by atoms with E-state index < -0.39 is 0 Å². The van der Waals surface area contributed by atoms with Gasteiger partial charge in [0.2, 0.25) is 18.6 Å². The quantitative estimate of drug-likeness (QED) is 0.591. The first kappa shape index (κ1) is 20.5. The van der Waals surface area contributed by atoms with Gasteiger partial charge in [-0.2, -0.15) is 0 Å². The van der Waals surface area contributed by atoms with Crippen LogP contribution < -0.4 is 19.7 Å². The normalized spacial score (nSPS) is 16.9. The van der Waals surface area contributed by atoms with Gasteiger partial charge in [-0.3, -0.25) is 14.5 Å². The third-order valence-electron chi connectivity index (χ3n) is 5.44. The molecule has 0 aliphatic carbocycles. The molecular weight excluding hydrogens is 424 g/mol. The second-order valence-electron chi connectivity index (χ2n) is 7.62. The lowest BCUT2D eigenvalue weighted by Gasteiger charge is -2.25. The van der Waals surface area contributed by atoms with Gasteiger partial charge in [0.1, 0.15) is 5.37 Å². The van der Waals surface area contributed by atoms with E-state index in [2.05, 4.69) is 5.32 Å². The molecule has 32 heavy (non-hydrogen) atoms. The van der Waals surface area contributed by atoms with Crippen LogP contribution in [-0.2, 0) is 16.0 Å². The second kappa shape index (κ2) is 8.96. The first-order valence-corrected chi connectivity index (χ1v) is 11.5. The van der Waals surface area contributed by atoms with Crippen molar-refractivity contribution in [2.75, 3.05) is 22.8 Å². The van der Waals surface area contributed by atoms with Gasteiger partial charge in [-0.25, -0.2) is 0 Å². The van der Waals surface area contributed by atoms with Crippen molar-refractivity contribution in [2.45, 2.75) is 18.2 Å². The van der Waals surface area contributed by atoms with E-state index in [1.165, 1.54) is 0 Å². The van der Waals surface area contributed by atoms with Crippen LogP contribution >= 0.6 is 11.8 Å². The Hall–Kier alpha value is -3.45. The molecule has 0 bridgehead atoms. The van der Waals surface area contributed by atoms with E-state index in [-0.39, 0.29) is 24.0 Å². The molecule has 0 saturated carbocycles. The van der Waals surface area contributed by atoms with Gasteiger partial charge in [0.15, 0.2) is 11.5 Å². The molecule has 2 aliphatic heterocycles. The Balaban J connectivity index is 1.30. The molecule has 5 rings (SSSR count). The summed E-state index contributed by atoms with van der Waals surface area (Å²) in [4.78, 5) is 26.9. The lowest BCUT2D eigenvalue weighted by Crippen LogP contribution is -2.27. The van der Waals surface area contributed by atoms with E-state index in [9.17, 15) is 9.59 Å². The van der Waals surface area contributed by atoms with Gasteiger partial charge in [-0.1, -0.05) is 42.5 Å². The van der Waals surface area contributed by atoms with E-state index in [1.54, 1.807) is 16.7 Å². The van der Waals surface area contributed by atoms with Crippen molar-refractivity contribution in [1.82, 2.24) is 0 Å². The van der Waals surface area contributed by atoms with Crippen LogP contribution in [0.4, 0.5) is 11.4 Å². The Morgan fingerprint density at radius 3 is 2.72 bits per heavy atom. The number of hydrogen-bond acceptors (Lipinski definition) is 5. The molecule has 7 heteroatoms. The van der Waals surface area contributed by atoms with Gasteiger partial charge in [-0.15, -0.1) is 11.8 Å². The monoisotopic (exact) mass is 446 g/mol. The van der Waals surface area contributed by atoms with Crippen LogP contribution in [0, 0.1) is 0 Å². The number of benzene rings is 3. The Kier molecular flexibility index (Phi) is 5.73. The number of carbonyl (C=O) groups excluding carboxylic acids is 2. The highest BCUT2D eigenvalue weighted by molar-refractivity contribution is 8.00. The molecule has 1 N–H and O–H groups in total. The molecule has 1 unspecified atom stereocenters. The van der Waals surface area contributed by atoms with Crippen LogP contribution in [0.2, 0.25) is 0 Å². The zero-order chi connectivity index (χ0) is 21.9. The molecule has 6 nitrogen and oxygen atoms in total. The number of nitrogens with zero attached hydrogens (tertiary/aromatic N) is 1. The van der Waals surface area contributed by atoms with Crippen molar-refractivity contribution in [2.24, 2.45) is 0 Å². The summed E-state index contributed by atoms with van der Waals surface area (Å²) in [5.74, 6) is 1.73. The molecular formula is C25H22N2O4S. The SMILES string of the molecule is O=C(CCc1ccccc1)Nc1cccc(C2SCC(=O)N2c2ccc3c(c2)OCO3)c1. The number of ether oxygens (including phenoxy) is 2. The van der Waals surface area contributed by atoms with Crippen LogP contribution in [0.3, 0.4) is 0 Å². The first-order chi connectivity index (χ1) is 15.7. The van der Waals surface area contributed by atoms with Crippen molar-refractivity contribution in [3.05, 3.63) is 83.9 Å². The molecule has 1 fully saturated rings. The third-order valence-corrected chi connectivity index (χ3v) is 6.65. The van der Waals surface area contributed by atoms with Gasteiger partial charge in [0, 0.05) is 23.9 Å². The summed E-state index contributed by atoms with van der Waals surface area (Å²) < 4.78 is 10.9. The Labute approximate surface area is 190 Å². The fourth-order valence-electron chi connectivity index (χ4n) is 3.88. The fourth-order valence-corrected chi connectivity index (χ4v) is 5.05. The summed E-state index contributed by atoms with van der Waals surface area (Å²) in [6.07, 6.45) is 1.10. The molecule has 2 heterocycles. The second-order valence-corrected chi connectivity index (χ2v) is 8.69. The van der Waals surface area contributed by atoms with Crippen molar-refractivity contribution < 1.29 is 19.1 Å². The number of amides is 2. The molecule has 3 aromatic rings. The van der Waals surface area contributed by atoms with Crippen molar-refractivity contribution in [3.8, 4) is 11.5 Å². The van der Waals surface area contributed by atoms with E-state index in [0.717, 1.165) is 22.5 Å². The highest BCUT2D eigenvalue weighted by Crippen LogP contribution is 2.45. The number of fused-ring (bicyclic) bond motifs is 1. The molecule has 1 atom stereocenters. The van der Waals surface area contributed by atoms with E-state index in [0.29, 0.717) is 30.1 Å². The zero-order valence-electron chi connectivity index (χ0n) is 17.3. The molecule has 0 spiro atoms. The fraction of sp³-hybridized carbons (Fsp3) is 0.200. The molecule has 0 aromatic heterocycles. The molecule has 2 amide bonds. The summed E-state index contributed by atoms with van der Waals surface area (Å²) in [6, 6.07) is 23.2. The number of anilines is 2. The van der Waals surface area contributed by atoms with E-state index >= 15 is 0 Å². The minimum atomic E-state index is -0.177. The highest BCUT2D eigenvalue weighted by atomic mass is 32.2. The van der Waals surface area contributed by atoms with Gasteiger partial charge in [-0.05, 0) is 41.8 Å². The number of rotatable bonds is 6. The Morgan fingerprint density at radius 2 is 1.84 bits per heavy atom. The average Bonchev–Trinajstić information content (AvgIpc) is 3.44. The summed E-state index contributed by atoms with van der Waals surface area (Å²) in [6.45, 7) is 0.191. The number of hydrogen-bond donors (Lipinski definition) is 1. The summed E-state index contributed by atoms with van der Waals surface area (Å²) >= 11 is 1.57. The van der Waals surface area contributed by atoms with Gasteiger partial charge < -0.3 is 14.8 Å². The smallest absolute Gasteiger partial charge is 0.238 e. The number of nitrogens with one attached hydrogen (secondary N) is 1. The molecule has 0 radical (unpaired) electrons.